The number of fused-ring (bicyclic) bond motifs is 1. The molecule has 5 rings (SSSR count). The van der Waals surface area contributed by atoms with Gasteiger partial charge in [-0.25, -0.2) is 24.9 Å². The van der Waals surface area contributed by atoms with E-state index in [4.69, 9.17) is 16.3 Å². The summed E-state index contributed by atoms with van der Waals surface area (Å²) in [5.74, 6) is 5.52. The van der Waals surface area contributed by atoms with Crippen LogP contribution in [0.3, 0.4) is 0 Å². The van der Waals surface area contributed by atoms with Crippen LogP contribution in [0.1, 0.15) is 35.6 Å². The van der Waals surface area contributed by atoms with Gasteiger partial charge in [-0.1, -0.05) is 6.07 Å². The molecule has 0 bridgehead atoms. The van der Waals surface area contributed by atoms with Crippen LogP contribution < -0.4 is 21.6 Å². The van der Waals surface area contributed by atoms with E-state index in [1.54, 1.807) is 6.07 Å². The van der Waals surface area contributed by atoms with Crippen LogP contribution in [0.4, 0.5) is 4.39 Å². The van der Waals surface area contributed by atoms with Crippen LogP contribution in [0.15, 0.2) is 61.2 Å². The van der Waals surface area contributed by atoms with Crippen LogP contribution in [0.2, 0.25) is 0 Å². The highest BCUT2D eigenvalue weighted by molar-refractivity contribution is 5.92. The van der Waals surface area contributed by atoms with E-state index in [1.165, 1.54) is 60.1 Å². The van der Waals surface area contributed by atoms with Crippen molar-refractivity contribution in [1.82, 2.24) is 34.5 Å². The molecule has 0 aliphatic heterocycles. The van der Waals surface area contributed by atoms with Crippen LogP contribution in [-0.2, 0) is 17.9 Å². The number of methoxy groups -OCH3 is 1. The molecule has 0 radical (unpaired) electrons. The van der Waals surface area contributed by atoms with Crippen molar-refractivity contribution in [2.75, 3.05) is 7.11 Å². The predicted molar refractivity (Wildman–Crippen MR) is 129 cm³/mol. The summed E-state index contributed by atoms with van der Waals surface area (Å²) in [6, 6.07) is 7.19. The summed E-state index contributed by atoms with van der Waals surface area (Å²) >= 11 is 0. The highest BCUT2D eigenvalue weighted by Gasteiger charge is 2.24. The van der Waals surface area contributed by atoms with E-state index in [-0.39, 0.29) is 30.1 Å². The minimum atomic E-state index is -0.620. The molecule has 1 aromatic carbocycles. The maximum atomic E-state index is 15.0. The predicted octanol–water partition coefficient (Wildman–Crippen LogP) is 1.73. The summed E-state index contributed by atoms with van der Waals surface area (Å²) in [5, 5.41) is 7.93. The van der Waals surface area contributed by atoms with Gasteiger partial charge in [0.1, 0.15) is 24.0 Å². The largest absolute Gasteiger partial charge is 0.494 e. The Bertz CT molecular complexity index is 1430. The quantitative estimate of drug-likeness (QED) is 0.183. The third-order valence-corrected chi connectivity index (χ3v) is 5.98. The van der Waals surface area contributed by atoms with Crippen molar-refractivity contribution < 1.29 is 13.9 Å². The van der Waals surface area contributed by atoms with E-state index in [9.17, 15) is 9.18 Å². The van der Waals surface area contributed by atoms with Crippen molar-refractivity contribution in [3.63, 3.8) is 0 Å². The van der Waals surface area contributed by atoms with Gasteiger partial charge in [-0.2, -0.15) is 5.10 Å². The number of carbonyl (C=O) groups is 1. The second kappa shape index (κ2) is 9.66. The molecule has 1 saturated carbocycles. The van der Waals surface area contributed by atoms with Crippen molar-refractivity contribution in [3.05, 3.63) is 83.8 Å². The number of benzene rings is 1. The normalized spacial score (nSPS) is 13.7. The molecule has 1 amide bonds. The lowest BCUT2D eigenvalue weighted by atomic mass is 10.1. The molecular weight excluding hydrogens is 465 g/mol. The number of amides is 1. The maximum Gasteiger partial charge on any atom is 0.268 e. The molecule has 11 nitrogen and oxygen atoms in total. The Morgan fingerprint density at radius 2 is 2.14 bits per heavy atom. The molecule has 3 aromatic heterocycles. The fourth-order valence-electron chi connectivity index (χ4n) is 4.00. The van der Waals surface area contributed by atoms with Gasteiger partial charge in [-0.05, 0) is 42.5 Å². The summed E-state index contributed by atoms with van der Waals surface area (Å²) in [6.07, 6.45) is 10.5. The molecule has 1 fully saturated rings. The Labute approximate surface area is 206 Å². The lowest BCUT2D eigenvalue weighted by Gasteiger charge is -2.15. The first-order chi connectivity index (χ1) is 17.4. The third-order valence-electron chi connectivity index (χ3n) is 5.98. The van der Waals surface area contributed by atoms with Gasteiger partial charge in [0.05, 0.1) is 25.0 Å². The first-order valence-corrected chi connectivity index (χ1v) is 11.4. The number of ether oxygens (including phenoxy) is 1. The van der Waals surface area contributed by atoms with Gasteiger partial charge in [-0.3, -0.25) is 4.79 Å². The number of nitrogens with one attached hydrogen (secondary N) is 1. The van der Waals surface area contributed by atoms with Gasteiger partial charge in [0.2, 0.25) is 0 Å². The zero-order valence-electron chi connectivity index (χ0n) is 19.6. The van der Waals surface area contributed by atoms with Gasteiger partial charge in [0, 0.05) is 30.7 Å². The molecule has 0 unspecified atom stereocenters. The van der Waals surface area contributed by atoms with Gasteiger partial charge >= 0.3 is 0 Å². The number of pyridine rings is 1. The second-order valence-corrected chi connectivity index (χ2v) is 8.59. The summed E-state index contributed by atoms with van der Waals surface area (Å²) in [6.45, 7) is 0.0846. The average Bonchev–Trinajstić information content (AvgIpc) is 3.41. The molecule has 12 heteroatoms. The number of hydrogen-bond donors (Lipinski definition) is 3. The number of hydrazine groups is 1. The van der Waals surface area contributed by atoms with Crippen LogP contribution in [0.25, 0.3) is 11.3 Å². The van der Waals surface area contributed by atoms with Crippen LogP contribution in [-0.4, -0.2) is 42.2 Å². The Morgan fingerprint density at radius 1 is 1.31 bits per heavy atom. The Morgan fingerprint density at radius 3 is 2.86 bits per heavy atom. The number of imidazole rings is 1. The van der Waals surface area contributed by atoms with Gasteiger partial charge in [0.25, 0.3) is 5.91 Å². The van der Waals surface area contributed by atoms with Crippen LogP contribution in [0.5, 0.6) is 5.75 Å². The van der Waals surface area contributed by atoms with Gasteiger partial charge in [-0.15, -0.1) is 0 Å². The van der Waals surface area contributed by atoms with Crippen molar-refractivity contribution in [2.45, 2.75) is 31.8 Å². The van der Waals surface area contributed by atoms with Crippen molar-refractivity contribution >= 4 is 11.6 Å². The summed E-state index contributed by atoms with van der Waals surface area (Å²) < 4.78 is 23.4. The van der Waals surface area contributed by atoms with E-state index >= 15 is 0 Å². The third kappa shape index (κ3) is 4.84. The number of aromatic nitrogens is 5. The SMILES string of the molecule is COc1ccc(-n2cncn2)c(CNC(=O)/C(N)=C/N(N)Cc2cn3cc(C4CC4)ccc3n2)c1F. The van der Waals surface area contributed by atoms with Crippen LogP contribution in [0, 0.1) is 5.82 Å². The first-order valence-electron chi connectivity index (χ1n) is 11.4. The van der Waals surface area contributed by atoms with E-state index in [2.05, 4.69) is 32.6 Å². The Kier molecular flexibility index (Phi) is 6.25. The van der Waals surface area contributed by atoms with E-state index < -0.39 is 11.7 Å². The Balaban J connectivity index is 1.25. The minimum Gasteiger partial charge on any atom is -0.494 e. The zero-order chi connectivity index (χ0) is 25.2. The topological polar surface area (TPSA) is 142 Å². The van der Waals surface area contributed by atoms with Crippen molar-refractivity contribution in [1.29, 1.82) is 0 Å². The smallest absolute Gasteiger partial charge is 0.268 e. The molecule has 0 saturated heterocycles. The molecule has 0 spiro atoms. The summed E-state index contributed by atoms with van der Waals surface area (Å²) in [7, 11) is 1.36. The number of nitrogens with zero attached hydrogens (tertiary/aromatic N) is 6. The Hall–Kier alpha value is -4.45. The highest BCUT2D eigenvalue weighted by Crippen LogP contribution is 2.39. The van der Waals surface area contributed by atoms with Gasteiger partial charge in [0.15, 0.2) is 11.6 Å². The fourth-order valence-corrected chi connectivity index (χ4v) is 4.00. The number of hydrogen-bond acceptors (Lipinski definition) is 8. The number of carbonyl (C=O) groups excluding carboxylic acids is 1. The van der Waals surface area contributed by atoms with E-state index in [0.29, 0.717) is 11.6 Å². The summed E-state index contributed by atoms with van der Waals surface area (Å²) in [5.41, 5.74) is 9.24. The zero-order valence-corrected chi connectivity index (χ0v) is 19.6. The molecule has 0 atom stereocenters. The average molecular weight is 492 g/mol. The molecule has 186 valence electrons. The lowest BCUT2D eigenvalue weighted by Crippen LogP contribution is -2.33. The van der Waals surface area contributed by atoms with Crippen molar-refractivity contribution in [2.24, 2.45) is 11.6 Å². The second-order valence-electron chi connectivity index (χ2n) is 8.59. The molecule has 3 heterocycles. The number of rotatable bonds is 9. The minimum absolute atomic E-state index is 0.0384. The fraction of sp³-hybridized carbons (Fsp3) is 0.250. The van der Waals surface area contributed by atoms with Crippen LogP contribution >= 0.6 is 0 Å². The monoisotopic (exact) mass is 491 g/mol. The van der Waals surface area contributed by atoms with E-state index in [0.717, 1.165) is 11.3 Å². The highest BCUT2D eigenvalue weighted by atomic mass is 19.1. The number of nitrogens with two attached hydrogens (primary N) is 2. The molecule has 1 aliphatic rings. The van der Waals surface area contributed by atoms with Gasteiger partial charge < -0.3 is 25.2 Å². The molecule has 4 aromatic rings. The molecule has 5 N–H and O–H groups in total. The van der Waals surface area contributed by atoms with E-state index in [1.807, 2.05) is 16.7 Å². The molecular formula is C24H26FN9O2. The lowest BCUT2D eigenvalue weighted by molar-refractivity contribution is -0.117. The number of halogens is 1. The molecule has 1 aliphatic carbocycles. The standard InChI is InChI=1S/C24H26FN9O2/c1-36-21-6-5-20(34-14-28-13-30-34)18(23(21)25)8-29-24(35)19(26)12-33(27)11-17-10-32-9-16(15-2-3-15)4-7-22(32)31-17/h4-7,9-10,12-15H,2-3,8,11,26-27H2,1H3,(H,29,35)/b19-12-. The van der Waals surface area contributed by atoms with Crippen molar-refractivity contribution in [3.8, 4) is 11.4 Å². The molecule has 36 heavy (non-hydrogen) atoms. The maximum absolute atomic E-state index is 15.0. The first kappa shape index (κ1) is 23.3. The summed E-state index contributed by atoms with van der Waals surface area (Å²) in [4.78, 5) is 21.1.